The quantitative estimate of drug-likeness (QED) is 0.331. The molecule has 32 heavy (non-hydrogen) atoms. The largest absolute Gasteiger partial charge is 0.393 e. The average molecular weight is 457 g/mol. The molecule has 2 N–H and O–H groups in total. The van der Waals surface area contributed by atoms with Crippen LogP contribution in [0.25, 0.3) is 0 Å². The predicted molar refractivity (Wildman–Crippen MR) is 130 cm³/mol. The minimum absolute atomic E-state index is 0.298. The molecule has 190 valence electrons. The molecule has 0 spiro atoms. The van der Waals surface area contributed by atoms with Crippen LogP contribution in [0.15, 0.2) is 0 Å². The number of aliphatic hydroxyl groups is 2. The second-order valence-electron chi connectivity index (χ2n) is 12.8. The molecule has 6 heteroatoms. The Balaban J connectivity index is 2.22. The highest BCUT2D eigenvalue weighted by Gasteiger charge is 2.50. The first kappa shape index (κ1) is 28.0. The lowest BCUT2D eigenvalue weighted by molar-refractivity contribution is -0.427. The summed E-state index contributed by atoms with van der Waals surface area (Å²) in [5.74, 6) is 0. The van der Waals surface area contributed by atoms with Gasteiger partial charge in [0.05, 0.1) is 12.2 Å². The number of aliphatic hydroxyl groups excluding tert-OH is 2. The van der Waals surface area contributed by atoms with Crippen LogP contribution in [0.2, 0.25) is 0 Å². The van der Waals surface area contributed by atoms with Gasteiger partial charge >= 0.3 is 0 Å². The smallest absolute Gasteiger partial charge is 0.197 e. The zero-order valence-corrected chi connectivity index (χ0v) is 22.4. The van der Waals surface area contributed by atoms with Crippen molar-refractivity contribution in [2.24, 2.45) is 0 Å². The van der Waals surface area contributed by atoms with Crippen molar-refractivity contribution in [3.8, 4) is 0 Å². The van der Waals surface area contributed by atoms with Crippen molar-refractivity contribution in [3.05, 3.63) is 0 Å². The van der Waals surface area contributed by atoms with Gasteiger partial charge in [0.1, 0.15) is 0 Å². The third-order valence-corrected chi connectivity index (χ3v) is 7.13. The van der Waals surface area contributed by atoms with Gasteiger partial charge in [0.15, 0.2) is 6.29 Å². The molecule has 0 aromatic heterocycles. The molecule has 2 saturated heterocycles. The summed E-state index contributed by atoms with van der Waals surface area (Å²) >= 11 is 0. The Morgan fingerprint density at radius 2 is 1.00 bits per heavy atom. The van der Waals surface area contributed by atoms with Crippen molar-refractivity contribution < 1.29 is 19.9 Å². The fraction of sp³-hybridized carbons (Fsp3) is 1.00. The van der Waals surface area contributed by atoms with E-state index >= 15 is 0 Å². The molecule has 0 atom stereocenters. The van der Waals surface area contributed by atoms with Gasteiger partial charge in [-0.05, 0) is 87.5 Å². The topological polar surface area (TPSA) is 65.4 Å². The summed E-state index contributed by atoms with van der Waals surface area (Å²) in [5, 5.41) is 25.0. The molecule has 0 aromatic carbocycles. The van der Waals surface area contributed by atoms with Crippen molar-refractivity contribution >= 4 is 0 Å². The van der Waals surface area contributed by atoms with E-state index in [1.165, 1.54) is 25.7 Å². The van der Waals surface area contributed by atoms with Crippen molar-refractivity contribution in [1.82, 2.24) is 10.1 Å². The van der Waals surface area contributed by atoms with Gasteiger partial charge in [0, 0.05) is 28.6 Å². The molecule has 0 aliphatic carbocycles. The Hall–Kier alpha value is -0.240. The normalized spacial score (nSPS) is 26.6. The van der Waals surface area contributed by atoms with Crippen molar-refractivity contribution in [1.29, 1.82) is 0 Å². The predicted octanol–water partition coefficient (Wildman–Crippen LogP) is 5.56. The van der Waals surface area contributed by atoms with E-state index in [-0.39, 0.29) is 34.4 Å². The first-order chi connectivity index (χ1) is 14.6. The van der Waals surface area contributed by atoms with Crippen LogP contribution in [-0.4, -0.2) is 61.0 Å². The Morgan fingerprint density at radius 1 is 0.656 bits per heavy atom. The molecule has 0 radical (unpaired) electrons. The molecule has 0 saturated carbocycles. The second kappa shape index (κ2) is 10.6. The molecule has 0 bridgehead atoms. The van der Waals surface area contributed by atoms with E-state index in [9.17, 15) is 10.2 Å². The second-order valence-corrected chi connectivity index (χ2v) is 12.8. The minimum Gasteiger partial charge on any atom is -0.393 e. The van der Waals surface area contributed by atoms with E-state index in [2.05, 4.69) is 72.4 Å². The number of unbranched alkanes of at least 4 members (excludes halogenated alkanes) is 4. The Morgan fingerprint density at radius 3 is 1.34 bits per heavy atom. The van der Waals surface area contributed by atoms with E-state index < -0.39 is 6.29 Å². The van der Waals surface area contributed by atoms with Gasteiger partial charge in [-0.3, -0.25) is 9.68 Å². The molecule has 2 rings (SSSR count). The fourth-order valence-electron chi connectivity index (χ4n) is 6.27. The molecule has 0 unspecified atom stereocenters. The third-order valence-electron chi connectivity index (χ3n) is 7.13. The van der Waals surface area contributed by atoms with E-state index in [4.69, 9.17) is 9.68 Å². The maximum absolute atomic E-state index is 10.4. The number of hydroxylamine groups is 4. The van der Waals surface area contributed by atoms with Crippen LogP contribution in [0.3, 0.4) is 0 Å². The Bertz CT molecular complexity index is 510. The van der Waals surface area contributed by atoms with Gasteiger partial charge in [-0.15, -0.1) is 0 Å². The SMILES string of the molecule is CCCCCCCC(ON1C(C)(C)CC(O)CC1(C)C)ON1C(C)(C)CC(O)CC1(C)C. The van der Waals surface area contributed by atoms with Gasteiger partial charge in [-0.2, -0.15) is 10.1 Å². The lowest BCUT2D eigenvalue weighted by Gasteiger charge is -2.56. The lowest BCUT2D eigenvalue weighted by Crippen LogP contribution is -2.65. The zero-order chi connectivity index (χ0) is 24.4. The summed E-state index contributed by atoms with van der Waals surface area (Å²) in [6.45, 7) is 19.4. The van der Waals surface area contributed by atoms with Gasteiger partial charge in [-0.1, -0.05) is 32.6 Å². The van der Waals surface area contributed by atoms with Crippen LogP contribution >= 0.6 is 0 Å². The number of rotatable bonds is 10. The summed E-state index contributed by atoms with van der Waals surface area (Å²) in [5.41, 5.74) is -1.19. The zero-order valence-electron chi connectivity index (χ0n) is 22.4. The molecular formula is C26H52N2O4. The molecule has 2 heterocycles. The maximum atomic E-state index is 10.4. The number of hydrogen-bond acceptors (Lipinski definition) is 6. The first-order valence-corrected chi connectivity index (χ1v) is 12.9. The third kappa shape index (κ3) is 7.13. The molecule has 2 fully saturated rings. The van der Waals surface area contributed by atoms with Crippen molar-refractivity contribution in [3.63, 3.8) is 0 Å². The summed E-state index contributed by atoms with van der Waals surface area (Å²) in [6, 6.07) is 0. The van der Waals surface area contributed by atoms with Crippen LogP contribution in [0.1, 0.15) is 127 Å². The molecule has 2 aliphatic rings. The van der Waals surface area contributed by atoms with Crippen LogP contribution in [0.5, 0.6) is 0 Å². The van der Waals surface area contributed by atoms with Crippen molar-refractivity contribution in [2.45, 2.75) is 167 Å². The number of hydrogen-bond donors (Lipinski definition) is 2. The van der Waals surface area contributed by atoms with E-state index in [0.29, 0.717) is 25.7 Å². The molecular weight excluding hydrogens is 404 g/mol. The Kier molecular flexibility index (Phi) is 9.25. The standard InChI is InChI=1S/C26H52N2O4/c1-10-11-12-13-14-15-22(31-27-23(2,3)16-20(29)17-24(27,4)5)32-28-25(6,7)18-21(30)19-26(28,8)9/h20-22,29-30H,10-19H2,1-9H3. The van der Waals surface area contributed by atoms with Crippen LogP contribution in [-0.2, 0) is 9.68 Å². The monoisotopic (exact) mass is 456 g/mol. The Labute approximate surface area is 197 Å². The summed E-state index contributed by atoms with van der Waals surface area (Å²) in [7, 11) is 0. The van der Waals surface area contributed by atoms with Crippen LogP contribution in [0.4, 0.5) is 0 Å². The summed E-state index contributed by atoms with van der Waals surface area (Å²) in [4.78, 5) is 13.4. The average Bonchev–Trinajstić information content (AvgIpc) is 2.57. The van der Waals surface area contributed by atoms with E-state index in [1.54, 1.807) is 0 Å². The molecule has 6 nitrogen and oxygen atoms in total. The first-order valence-electron chi connectivity index (χ1n) is 12.9. The highest BCUT2D eigenvalue weighted by Crippen LogP contribution is 2.42. The minimum atomic E-state index is -0.404. The van der Waals surface area contributed by atoms with E-state index in [0.717, 1.165) is 12.8 Å². The maximum Gasteiger partial charge on any atom is 0.197 e. The van der Waals surface area contributed by atoms with Gasteiger partial charge in [0.25, 0.3) is 0 Å². The lowest BCUT2D eigenvalue weighted by atomic mass is 9.80. The van der Waals surface area contributed by atoms with Gasteiger partial charge in [0.2, 0.25) is 0 Å². The highest BCUT2D eigenvalue weighted by atomic mass is 16.9. The number of nitrogens with zero attached hydrogens (tertiary/aromatic N) is 2. The highest BCUT2D eigenvalue weighted by molar-refractivity contribution is 4.98. The fourth-order valence-corrected chi connectivity index (χ4v) is 6.27. The van der Waals surface area contributed by atoms with Crippen LogP contribution in [0, 0.1) is 0 Å². The van der Waals surface area contributed by atoms with E-state index in [1.807, 2.05) is 0 Å². The summed E-state index contributed by atoms with van der Waals surface area (Å²) in [6.07, 6.45) is 8.42. The molecule has 0 amide bonds. The molecule has 0 aromatic rings. The van der Waals surface area contributed by atoms with Crippen LogP contribution < -0.4 is 0 Å². The van der Waals surface area contributed by atoms with Crippen molar-refractivity contribution in [2.75, 3.05) is 0 Å². The van der Waals surface area contributed by atoms with Gasteiger partial charge in [-0.25, -0.2) is 0 Å². The van der Waals surface area contributed by atoms with Gasteiger partial charge < -0.3 is 10.2 Å². The number of piperidine rings is 2. The molecule has 2 aliphatic heterocycles. The summed E-state index contributed by atoms with van der Waals surface area (Å²) < 4.78 is 0.